The average Bonchev–Trinajstić information content (AvgIpc) is 2.19. The quantitative estimate of drug-likeness (QED) is 0.632. The van der Waals surface area contributed by atoms with Crippen molar-refractivity contribution in [1.29, 1.82) is 0 Å². The molecule has 1 heterocycles. The predicted molar refractivity (Wildman–Crippen MR) is 52.6 cm³/mol. The van der Waals surface area contributed by atoms with E-state index in [-0.39, 0.29) is 57.2 Å². The van der Waals surface area contributed by atoms with Crippen LogP contribution in [0.25, 0.3) is 5.32 Å². The van der Waals surface area contributed by atoms with E-state index in [9.17, 15) is 9.50 Å². The third-order valence-electron chi connectivity index (χ3n) is 2.74. The minimum absolute atomic E-state index is 0. The third-order valence-corrected chi connectivity index (χ3v) is 2.74. The second kappa shape index (κ2) is 5.86. The zero-order chi connectivity index (χ0) is 10.0. The Kier molecular flexibility index (Phi) is 5.38. The zero-order valence-corrected chi connectivity index (χ0v) is 12.0. The monoisotopic (exact) mass is 233 g/mol. The van der Waals surface area contributed by atoms with Crippen LogP contribution in [0.15, 0.2) is 24.3 Å². The number of aliphatic hydroxyl groups is 1. The van der Waals surface area contributed by atoms with Crippen LogP contribution in [0.1, 0.15) is 18.4 Å². The number of hydrogen-bond acceptors (Lipinski definition) is 1. The van der Waals surface area contributed by atoms with Crippen molar-refractivity contribution in [3.8, 4) is 0 Å². The van der Waals surface area contributed by atoms with Gasteiger partial charge in [0.25, 0.3) is 0 Å². The molecule has 15 heavy (non-hydrogen) atoms. The summed E-state index contributed by atoms with van der Waals surface area (Å²) in [7, 11) is 0. The Bertz CT molecular complexity index is 326. The van der Waals surface area contributed by atoms with Crippen LogP contribution in [-0.4, -0.2) is 18.2 Å². The molecular weight excluding hydrogens is 220 g/mol. The van der Waals surface area contributed by atoms with Gasteiger partial charge in [0.2, 0.25) is 0 Å². The van der Waals surface area contributed by atoms with Gasteiger partial charge < -0.3 is 10.4 Å². The molecule has 0 atom stereocenters. The topological polar surface area (TPSA) is 34.3 Å². The molecule has 0 aromatic heterocycles. The molecule has 1 aromatic carbocycles. The predicted octanol–water partition coefficient (Wildman–Crippen LogP) is -0.815. The molecule has 1 aromatic rings. The first-order valence-electron chi connectivity index (χ1n) is 4.83. The van der Waals surface area contributed by atoms with E-state index in [4.69, 9.17) is 0 Å². The van der Waals surface area contributed by atoms with Crippen LogP contribution in [-0.2, 0) is 5.60 Å². The van der Waals surface area contributed by atoms with Crippen LogP contribution in [0.5, 0.6) is 0 Å². The maximum atomic E-state index is 13.4. The van der Waals surface area contributed by atoms with Gasteiger partial charge in [-0.05, 0) is 18.9 Å². The zero-order valence-electron chi connectivity index (χ0n) is 8.91. The molecule has 0 unspecified atom stereocenters. The second-order valence-electron chi connectivity index (χ2n) is 3.68. The second-order valence-corrected chi connectivity index (χ2v) is 3.68. The van der Waals surface area contributed by atoms with E-state index in [0.29, 0.717) is 31.5 Å². The maximum absolute atomic E-state index is 13.4. The summed E-state index contributed by atoms with van der Waals surface area (Å²) < 4.78 is 13.4. The summed E-state index contributed by atoms with van der Waals surface area (Å²) in [6.45, 7) is 1.23. The van der Waals surface area contributed by atoms with E-state index in [1.807, 2.05) is 0 Å². The molecule has 76 valence electrons. The first-order valence-corrected chi connectivity index (χ1v) is 4.83. The molecule has 4 heteroatoms. The number of hydrogen-bond donors (Lipinski definition) is 1. The summed E-state index contributed by atoms with van der Waals surface area (Å²) in [4.78, 5) is 0. The van der Waals surface area contributed by atoms with Crippen LogP contribution >= 0.6 is 0 Å². The molecule has 0 amide bonds. The number of benzene rings is 1. The van der Waals surface area contributed by atoms with Crippen molar-refractivity contribution in [2.75, 3.05) is 13.1 Å². The Morgan fingerprint density at radius 2 is 1.80 bits per heavy atom. The van der Waals surface area contributed by atoms with Gasteiger partial charge in [-0.1, -0.05) is 18.2 Å². The van der Waals surface area contributed by atoms with Gasteiger partial charge in [0.15, 0.2) is 0 Å². The molecule has 0 bridgehead atoms. The molecule has 1 fully saturated rings. The van der Waals surface area contributed by atoms with Crippen LogP contribution in [0.3, 0.4) is 0 Å². The standard InChI is InChI=1S/C11H13FNO.K/c12-10-4-2-1-3-9(10)11(14)5-7-13-8-6-11;/h1-4,14H,5-8H2;/q-1;+1. The molecule has 0 spiro atoms. The minimum Gasteiger partial charge on any atom is -0.662 e. The maximum Gasteiger partial charge on any atom is 1.00 e. The minimum atomic E-state index is -1.01. The summed E-state index contributed by atoms with van der Waals surface area (Å²) in [5, 5.41) is 14.4. The summed E-state index contributed by atoms with van der Waals surface area (Å²) in [6.07, 6.45) is 1.04. The van der Waals surface area contributed by atoms with Crippen molar-refractivity contribution in [1.82, 2.24) is 0 Å². The summed E-state index contributed by atoms with van der Waals surface area (Å²) >= 11 is 0. The van der Waals surface area contributed by atoms with E-state index in [1.54, 1.807) is 18.2 Å². The van der Waals surface area contributed by atoms with E-state index in [0.717, 1.165) is 0 Å². The van der Waals surface area contributed by atoms with Gasteiger partial charge in [0.05, 0.1) is 5.60 Å². The van der Waals surface area contributed by atoms with Gasteiger partial charge in [-0.15, -0.1) is 13.1 Å². The van der Waals surface area contributed by atoms with E-state index < -0.39 is 5.60 Å². The van der Waals surface area contributed by atoms with Gasteiger partial charge in [0.1, 0.15) is 5.82 Å². The van der Waals surface area contributed by atoms with Gasteiger partial charge >= 0.3 is 51.4 Å². The molecule has 2 rings (SSSR count). The Balaban J connectivity index is 0.00000112. The van der Waals surface area contributed by atoms with Crippen LogP contribution in [0.4, 0.5) is 4.39 Å². The summed E-state index contributed by atoms with van der Waals surface area (Å²) in [5.74, 6) is -0.322. The molecule has 1 aliphatic rings. The Morgan fingerprint density at radius 1 is 1.20 bits per heavy atom. The average molecular weight is 233 g/mol. The van der Waals surface area contributed by atoms with Crippen molar-refractivity contribution in [3.63, 3.8) is 0 Å². The fourth-order valence-corrected chi connectivity index (χ4v) is 1.87. The number of halogens is 1. The molecular formula is C11H13FKNO. The van der Waals surface area contributed by atoms with E-state index >= 15 is 0 Å². The van der Waals surface area contributed by atoms with Gasteiger partial charge in [-0.3, -0.25) is 0 Å². The van der Waals surface area contributed by atoms with Crippen molar-refractivity contribution in [2.24, 2.45) is 0 Å². The normalized spacial score (nSPS) is 19.3. The molecule has 1 aliphatic heterocycles. The summed E-state index contributed by atoms with van der Waals surface area (Å²) in [5.41, 5.74) is -0.595. The molecule has 0 saturated carbocycles. The van der Waals surface area contributed by atoms with E-state index in [2.05, 4.69) is 5.32 Å². The first kappa shape index (κ1) is 13.8. The largest absolute Gasteiger partial charge is 1.00 e. The van der Waals surface area contributed by atoms with Gasteiger partial charge in [-0.25, -0.2) is 4.39 Å². The van der Waals surface area contributed by atoms with Crippen molar-refractivity contribution in [2.45, 2.75) is 18.4 Å². The number of rotatable bonds is 1. The fourth-order valence-electron chi connectivity index (χ4n) is 1.87. The van der Waals surface area contributed by atoms with Crippen molar-refractivity contribution >= 4 is 0 Å². The van der Waals surface area contributed by atoms with Crippen LogP contribution in [0, 0.1) is 5.82 Å². The number of nitrogens with zero attached hydrogens (tertiary/aromatic N) is 1. The Hall–Kier alpha value is 0.706. The number of piperidine rings is 1. The summed E-state index contributed by atoms with van der Waals surface area (Å²) in [6, 6.07) is 6.43. The Labute approximate surface area is 132 Å². The SMILES string of the molecule is OC1(c2ccccc2F)CC[N-]CC1.[K+]. The van der Waals surface area contributed by atoms with Crippen LogP contribution in [0.2, 0.25) is 0 Å². The van der Waals surface area contributed by atoms with Gasteiger partial charge in [0, 0.05) is 5.56 Å². The van der Waals surface area contributed by atoms with Crippen LogP contribution < -0.4 is 51.4 Å². The van der Waals surface area contributed by atoms with E-state index in [1.165, 1.54) is 6.07 Å². The third kappa shape index (κ3) is 3.09. The fraction of sp³-hybridized carbons (Fsp3) is 0.455. The first-order chi connectivity index (χ1) is 6.72. The molecule has 0 radical (unpaired) electrons. The van der Waals surface area contributed by atoms with Crippen molar-refractivity contribution in [3.05, 3.63) is 41.0 Å². The molecule has 0 aliphatic carbocycles. The van der Waals surface area contributed by atoms with Gasteiger partial charge in [-0.2, -0.15) is 0 Å². The smallest absolute Gasteiger partial charge is 0.662 e. The Morgan fingerprint density at radius 3 is 2.40 bits per heavy atom. The molecule has 1 N–H and O–H groups in total. The molecule has 2 nitrogen and oxygen atoms in total. The molecule has 1 saturated heterocycles. The van der Waals surface area contributed by atoms with Crippen molar-refractivity contribution < 1.29 is 60.9 Å².